The molecule has 0 fully saturated rings. The number of carbonyl (C=O) groups is 3. The molecular weight excluding hydrogens is 567 g/mol. The Bertz CT molecular complexity index is 1530. The molecule has 0 bridgehead atoms. The highest BCUT2D eigenvalue weighted by Gasteiger charge is 2.17. The van der Waals surface area contributed by atoms with Crippen molar-refractivity contribution in [1.82, 2.24) is 10.3 Å². The Balaban J connectivity index is 1.42. The second kappa shape index (κ2) is 13.8. The van der Waals surface area contributed by atoms with Crippen molar-refractivity contribution < 1.29 is 14.4 Å². The van der Waals surface area contributed by atoms with E-state index in [4.69, 9.17) is 23.2 Å². The van der Waals surface area contributed by atoms with Crippen molar-refractivity contribution in [2.24, 2.45) is 0 Å². The molecule has 0 aliphatic heterocycles. The molecule has 0 aliphatic carbocycles. The van der Waals surface area contributed by atoms with Crippen molar-refractivity contribution >= 4 is 70.3 Å². The maximum atomic E-state index is 13.2. The van der Waals surface area contributed by atoms with E-state index in [0.29, 0.717) is 32.7 Å². The molecule has 40 heavy (non-hydrogen) atoms. The standard InChI is InChI=1S/C30H24Cl2N4O3S/c1-19(28(37)36-27-15-10-23(32)18-33-27)40-25-13-11-24(12-14-25)34-30(39)26(17-20-6-5-9-22(31)16-20)35-29(38)21-7-3-2-4-8-21/h2-19H,1H3,(H,34,39)(H,35,38)(H,33,36,37)/b26-17-. The van der Waals surface area contributed by atoms with Crippen LogP contribution >= 0.6 is 35.0 Å². The molecule has 1 unspecified atom stereocenters. The molecule has 0 spiro atoms. The molecule has 1 heterocycles. The summed E-state index contributed by atoms with van der Waals surface area (Å²) in [6.45, 7) is 1.79. The van der Waals surface area contributed by atoms with E-state index in [1.54, 1.807) is 104 Å². The van der Waals surface area contributed by atoms with Crippen LogP contribution in [-0.4, -0.2) is 28.0 Å². The van der Waals surface area contributed by atoms with Crippen LogP contribution in [0.5, 0.6) is 0 Å². The Hall–Kier alpha value is -4.11. The maximum absolute atomic E-state index is 13.2. The van der Waals surface area contributed by atoms with Crippen LogP contribution in [0.4, 0.5) is 11.5 Å². The number of thioether (sulfide) groups is 1. The van der Waals surface area contributed by atoms with E-state index >= 15 is 0 Å². The van der Waals surface area contributed by atoms with E-state index in [0.717, 1.165) is 4.90 Å². The van der Waals surface area contributed by atoms with Crippen LogP contribution in [-0.2, 0) is 9.59 Å². The molecule has 4 aromatic rings. The number of carbonyl (C=O) groups excluding carboxylic acids is 3. The van der Waals surface area contributed by atoms with Gasteiger partial charge in [-0.2, -0.15) is 0 Å². The lowest BCUT2D eigenvalue weighted by molar-refractivity contribution is -0.115. The highest BCUT2D eigenvalue weighted by Crippen LogP contribution is 2.26. The first-order chi connectivity index (χ1) is 19.3. The van der Waals surface area contributed by atoms with Gasteiger partial charge in [0.2, 0.25) is 5.91 Å². The minimum absolute atomic E-state index is 0.0515. The van der Waals surface area contributed by atoms with Gasteiger partial charge in [-0.05, 0) is 79.2 Å². The Labute approximate surface area is 246 Å². The lowest BCUT2D eigenvalue weighted by Crippen LogP contribution is -2.30. The Kier molecular flexibility index (Phi) is 9.96. The molecule has 0 saturated carbocycles. The maximum Gasteiger partial charge on any atom is 0.272 e. The number of anilines is 2. The van der Waals surface area contributed by atoms with Gasteiger partial charge in [0.15, 0.2) is 0 Å². The highest BCUT2D eigenvalue weighted by molar-refractivity contribution is 8.00. The van der Waals surface area contributed by atoms with Gasteiger partial charge in [0, 0.05) is 27.4 Å². The Morgan fingerprint density at radius 1 is 0.850 bits per heavy atom. The molecule has 202 valence electrons. The van der Waals surface area contributed by atoms with Crippen molar-refractivity contribution in [3.63, 3.8) is 0 Å². The van der Waals surface area contributed by atoms with Gasteiger partial charge in [-0.15, -0.1) is 11.8 Å². The third-order valence-electron chi connectivity index (χ3n) is 5.46. The number of benzene rings is 3. The number of nitrogens with one attached hydrogen (secondary N) is 3. The van der Waals surface area contributed by atoms with E-state index in [2.05, 4.69) is 20.9 Å². The van der Waals surface area contributed by atoms with Crippen molar-refractivity contribution in [2.45, 2.75) is 17.1 Å². The van der Waals surface area contributed by atoms with Crippen molar-refractivity contribution in [2.75, 3.05) is 10.6 Å². The number of pyridine rings is 1. The molecule has 1 aromatic heterocycles. The van der Waals surface area contributed by atoms with Gasteiger partial charge in [-0.3, -0.25) is 14.4 Å². The van der Waals surface area contributed by atoms with Crippen molar-refractivity contribution in [1.29, 1.82) is 0 Å². The summed E-state index contributed by atoms with van der Waals surface area (Å²) in [6, 6.07) is 25.9. The third-order valence-corrected chi connectivity index (χ3v) is 7.03. The van der Waals surface area contributed by atoms with Crippen LogP contribution in [0.2, 0.25) is 10.0 Å². The highest BCUT2D eigenvalue weighted by atomic mass is 35.5. The molecule has 1 atom stereocenters. The van der Waals surface area contributed by atoms with E-state index < -0.39 is 17.1 Å². The molecular formula is C30H24Cl2N4O3S. The van der Waals surface area contributed by atoms with Gasteiger partial charge in [0.05, 0.1) is 10.3 Å². The fourth-order valence-corrected chi connectivity index (χ4v) is 4.63. The monoisotopic (exact) mass is 590 g/mol. The molecule has 0 radical (unpaired) electrons. The molecule has 0 aliphatic rings. The minimum atomic E-state index is -0.507. The van der Waals surface area contributed by atoms with Crippen molar-refractivity contribution in [3.05, 3.63) is 124 Å². The first-order valence-electron chi connectivity index (χ1n) is 12.1. The van der Waals surface area contributed by atoms with Gasteiger partial charge in [-0.1, -0.05) is 53.5 Å². The Morgan fingerprint density at radius 3 is 2.27 bits per heavy atom. The number of rotatable bonds is 9. The van der Waals surface area contributed by atoms with E-state index in [1.165, 1.54) is 18.0 Å². The number of hydrogen-bond donors (Lipinski definition) is 3. The Morgan fingerprint density at radius 2 is 1.60 bits per heavy atom. The summed E-state index contributed by atoms with van der Waals surface area (Å²) in [5.74, 6) is -0.715. The topological polar surface area (TPSA) is 100 Å². The molecule has 4 rings (SSSR count). The largest absolute Gasteiger partial charge is 0.321 e. The summed E-state index contributed by atoms with van der Waals surface area (Å²) >= 11 is 13.3. The van der Waals surface area contributed by atoms with E-state index in [-0.39, 0.29) is 11.6 Å². The predicted octanol–water partition coefficient (Wildman–Crippen LogP) is 6.92. The van der Waals surface area contributed by atoms with E-state index in [9.17, 15) is 14.4 Å². The minimum Gasteiger partial charge on any atom is -0.321 e. The molecule has 10 heteroatoms. The fraction of sp³-hybridized carbons (Fsp3) is 0.0667. The summed E-state index contributed by atoms with van der Waals surface area (Å²) in [4.78, 5) is 43.5. The second-order valence-corrected chi connectivity index (χ2v) is 10.8. The van der Waals surface area contributed by atoms with Crippen LogP contribution < -0.4 is 16.0 Å². The number of nitrogens with zero attached hydrogens (tertiary/aromatic N) is 1. The first kappa shape index (κ1) is 28.9. The van der Waals surface area contributed by atoms with Gasteiger partial charge in [0.25, 0.3) is 11.8 Å². The summed E-state index contributed by atoms with van der Waals surface area (Å²) < 4.78 is 0. The average Bonchev–Trinajstić information content (AvgIpc) is 2.95. The van der Waals surface area contributed by atoms with E-state index in [1.807, 2.05) is 0 Å². The van der Waals surface area contributed by atoms with Crippen LogP contribution in [0.1, 0.15) is 22.8 Å². The fourth-order valence-electron chi connectivity index (χ4n) is 3.46. The summed E-state index contributed by atoms with van der Waals surface area (Å²) in [5, 5.41) is 8.85. The molecule has 0 saturated heterocycles. The van der Waals surface area contributed by atoms with Crippen LogP contribution in [0.3, 0.4) is 0 Å². The number of aromatic nitrogens is 1. The zero-order chi connectivity index (χ0) is 28.5. The molecule has 3 N–H and O–H groups in total. The summed E-state index contributed by atoms with van der Waals surface area (Å²) in [7, 11) is 0. The average molecular weight is 592 g/mol. The van der Waals surface area contributed by atoms with Crippen LogP contribution in [0.25, 0.3) is 6.08 Å². The molecule has 7 nitrogen and oxygen atoms in total. The van der Waals surface area contributed by atoms with Crippen LogP contribution in [0.15, 0.2) is 108 Å². The lowest BCUT2D eigenvalue weighted by atomic mass is 10.1. The lowest BCUT2D eigenvalue weighted by Gasteiger charge is -2.13. The van der Waals surface area contributed by atoms with Gasteiger partial charge in [-0.25, -0.2) is 4.98 Å². The van der Waals surface area contributed by atoms with Gasteiger partial charge in [0.1, 0.15) is 11.5 Å². The summed E-state index contributed by atoms with van der Waals surface area (Å²) in [5.41, 5.74) is 1.64. The zero-order valence-electron chi connectivity index (χ0n) is 21.2. The quantitative estimate of drug-likeness (QED) is 0.145. The zero-order valence-corrected chi connectivity index (χ0v) is 23.6. The predicted molar refractivity (Wildman–Crippen MR) is 162 cm³/mol. The molecule has 3 aromatic carbocycles. The SMILES string of the molecule is CC(Sc1ccc(NC(=O)/C(=C/c2cccc(Cl)c2)NC(=O)c2ccccc2)cc1)C(=O)Nc1ccc(Cl)cn1. The molecule has 3 amide bonds. The third kappa shape index (κ3) is 8.44. The smallest absolute Gasteiger partial charge is 0.272 e. The van der Waals surface area contributed by atoms with Crippen LogP contribution in [0, 0.1) is 0 Å². The first-order valence-corrected chi connectivity index (χ1v) is 13.7. The second-order valence-electron chi connectivity index (χ2n) is 8.52. The normalized spacial score (nSPS) is 11.8. The summed E-state index contributed by atoms with van der Waals surface area (Å²) in [6.07, 6.45) is 3.02. The van der Waals surface area contributed by atoms with Gasteiger partial charge < -0.3 is 16.0 Å². The van der Waals surface area contributed by atoms with Crippen molar-refractivity contribution in [3.8, 4) is 0 Å². The number of halogens is 2. The van der Waals surface area contributed by atoms with Gasteiger partial charge >= 0.3 is 0 Å². The number of amides is 3. The number of hydrogen-bond acceptors (Lipinski definition) is 5.